The minimum absolute atomic E-state index is 0.0485. The molecule has 1 aliphatic carbocycles. The number of aromatic amines is 2. The normalized spacial score (nSPS) is 16.0. The number of aryl methyl sites for hydroxylation is 1. The van der Waals surface area contributed by atoms with E-state index in [1.165, 1.54) is 28.2 Å². The van der Waals surface area contributed by atoms with Crippen LogP contribution < -0.4 is 16.1 Å². The van der Waals surface area contributed by atoms with Crippen LogP contribution in [0.2, 0.25) is 0 Å². The second-order valence-corrected chi connectivity index (χ2v) is 6.87. The van der Waals surface area contributed by atoms with Crippen LogP contribution in [0.25, 0.3) is 12.7 Å². The third-order valence-corrected chi connectivity index (χ3v) is 5.35. The van der Waals surface area contributed by atoms with Crippen LogP contribution in [0.15, 0.2) is 23.0 Å². The van der Waals surface area contributed by atoms with E-state index in [-0.39, 0.29) is 5.56 Å². The molecule has 2 aliphatic heterocycles. The number of hydrogen-bond acceptors (Lipinski definition) is 2. The van der Waals surface area contributed by atoms with Crippen molar-refractivity contribution < 1.29 is 0 Å². The molecular weight excluding hydrogens is 280 g/mol. The third-order valence-electron chi connectivity index (χ3n) is 4.00. The van der Waals surface area contributed by atoms with Crippen molar-refractivity contribution in [2.24, 2.45) is 0 Å². The largest absolute Gasteiger partial charge is 0.354 e. The predicted octanol–water partition coefficient (Wildman–Crippen LogP) is 1.91. The maximum Gasteiger partial charge on any atom is 0.257 e. The fourth-order valence-corrected chi connectivity index (χ4v) is 3.95. The first-order valence-corrected chi connectivity index (χ1v) is 7.95. The first kappa shape index (κ1) is 12.7. The van der Waals surface area contributed by atoms with E-state index < -0.39 is 0 Å². The van der Waals surface area contributed by atoms with Gasteiger partial charge in [0.05, 0.1) is 15.9 Å². The molecule has 0 aromatic carbocycles. The Bertz CT molecular complexity index is 1050. The molecule has 4 heteroatoms. The highest BCUT2D eigenvalue weighted by Gasteiger charge is 2.25. The van der Waals surface area contributed by atoms with E-state index >= 15 is 0 Å². The third kappa shape index (κ3) is 2.16. The Morgan fingerprint density at radius 3 is 2.90 bits per heavy atom. The molecule has 0 amide bonds. The molecule has 0 atom stereocenters. The van der Waals surface area contributed by atoms with Crippen LogP contribution in [0, 0.1) is 17.6 Å². The first-order valence-electron chi connectivity index (χ1n) is 7.14. The summed E-state index contributed by atoms with van der Waals surface area (Å²) in [4.78, 5) is 20.9. The molecule has 0 unspecified atom stereocenters. The first-order chi connectivity index (χ1) is 10.1. The van der Waals surface area contributed by atoms with Gasteiger partial charge in [-0.05, 0) is 55.5 Å². The maximum atomic E-state index is 12.2. The summed E-state index contributed by atoms with van der Waals surface area (Å²) in [5, 5.41) is 3.17. The summed E-state index contributed by atoms with van der Waals surface area (Å²) in [5.74, 6) is 0.753. The Labute approximate surface area is 125 Å². The van der Waals surface area contributed by atoms with E-state index in [0.29, 0.717) is 5.22 Å². The van der Waals surface area contributed by atoms with Gasteiger partial charge in [0.2, 0.25) is 0 Å². The Morgan fingerprint density at radius 1 is 1.33 bits per heavy atom. The van der Waals surface area contributed by atoms with Gasteiger partial charge in [0.15, 0.2) is 0 Å². The molecule has 1 fully saturated rings. The quantitative estimate of drug-likeness (QED) is 0.746. The number of H-pyrrole nitrogens is 2. The molecular formula is C17H16N2OS. The molecule has 4 rings (SSSR count). The molecule has 0 spiro atoms. The molecule has 1 aromatic rings. The summed E-state index contributed by atoms with van der Waals surface area (Å²) in [6, 6.07) is 6.03. The highest BCUT2D eigenvalue weighted by atomic mass is 32.1. The number of hydrogen-bond donors (Lipinski definition) is 2. The summed E-state index contributed by atoms with van der Waals surface area (Å²) in [7, 11) is 0. The minimum Gasteiger partial charge on any atom is -0.354 e. The molecule has 3 aliphatic rings. The average Bonchev–Trinajstić information content (AvgIpc) is 3.17. The highest BCUT2D eigenvalue weighted by molar-refractivity contribution is 7.13. The second-order valence-electron chi connectivity index (χ2n) is 5.75. The van der Waals surface area contributed by atoms with Gasteiger partial charge in [0, 0.05) is 15.1 Å². The number of nitrogens with one attached hydrogen (secondary N) is 2. The summed E-state index contributed by atoms with van der Waals surface area (Å²) in [6.07, 6.45) is 4.61. The van der Waals surface area contributed by atoms with E-state index in [9.17, 15) is 4.79 Å². The topological polar surface area (TPSA) is 48.6 Å². The van der Waals surface area contributed by atoms with E-state index in [4.69, 9.17) is 0 Å². The number of thiophene rings is 1. The Kier molecular flexibility index (Phi) is 2.69. The van der Waals surface area contributed by atoms with E-state index in [2.05, 4.69) is 29.5 Å². The van der Waals surface area contributed by atoms with Gasteiger partial charge in [-0.2, -0.15) is 0 Å². The van der Waals surface area contributed by atoms with Crippen molar-refractivity contribution in [1.29, 1.82) is 0 Å². The van der Waals surface area contributed by atoms with E-state index in [0.717, 1.165) is 22.0 Å². The van der Waals surface area contributed by atoms with Crippen LogP contribution in [-0.2, 0) is 0 Å². The fraction of sp³-hybridized carbons (Fsp3) is 0.235. The lowest BCUT2D eigenvalue weighted by atomic mass is 10.2. The zero-order valence-corrected chi connectivity index (χ0v) is 12.6. The molecule has 0 bridgehead atoms. The average molecular weight is 296 g/mol. The van der Waals surface area contributed by atoms with Gasteiger partial charge in [-0.3, -0.25) is 4.79 Å². The summed E-state index contributed by atoms with van der Waals surface area (Å²) >= 11 is 1.81. The smallest absolute Gasteiger partial charge is 0.257 e. The lowest BCUT2D eigenvalue weighted by molar-refractivity contribution is 1.15. The van der Waals surface area contributed by atoms with Gasteiger partial charge in [-0.15, -0.1) is 11.3 Å². The summed E-state index contributed by atoms with van der Waals surface area (Å²) < 4.78 is 0. The molecule has 106 valence electrons. The lowest BCUT2D eigenvalue weighted by Gasteiger charge is -1.89. The molecule has 2 N–H and O–H groups in total. The molecule has 3 nitrogen and oxygen atoms in total. The summed E-state index contributed by atoms with van der Waals surface area (Å²) in [5.41, 5.74) is 1.20. The Hall–Kier alpha value is -2.07. The van der Waals surface area contributed by atoms with Gasteiger partial charge < -0.3 is 9.97 Å². The number of aromatic nitrogens is 2. The standard InChI is InChI=1S/C17H16N2OS/c1-9-7-15(11-4-5-11)21-14(9)8-12-16-13(19-17(12)20)6-3-10(2)18-16/h3,6-8,11,18H,2,4-5H2,1H3,(H,19,20). The van der Waals surface area contributed by atoms with E-state index in [1.807, 2.05) is 29.5 Å². The van der Waals surface area contributed by atoms with Crippen molar-refractivity contribution in [3.8, 4) is 0 Å². The second kappa shape index (κ2) is 4.46. The molecule has 21 heavy (non-hydrogen) atoms. The van der Waals surface area contributed by atoms with Crippen LogP contribution in [0.5, 0.6) is 0 Å². The van der Waals surface area contributed by atoms with Crippen LogP contribution in [0.4, 0.5) is 0 Å². The Morgan fingerprint density at radius 2 is 2.14 bits per heavy atom. The zero-order chi connectivity index (χ0) is 14.6. The van der Waals surface area contributed by atoms with Crippen LogP contribution in [0.1, 0.15) is 34.1 Å². The molecule has 3 heterocycles. The van der Waals surface area contributed by atoms with Gasteiger partial charge in [-0.1, -0.05) is 6.58 Å². The fourth-order valence-electron chi connectivity index (χ4n) is 2.66. The van der Waals surface area contributed by atoms with Crippen molar-refractivity contribution in [3.63, 3.8) is 0 Å². The monoisotopic (exact) mass is 296 g/mol. The minimum atomic E-state index is -0.0485. The van der Waals surface area contributed by atoms with Crippen molar-refractivity contribution in [3.05, 3.63) is 65.1 Å². The number of rotatable bonds is 2. The SMILES string of the molecule is C=c1ccc2[nH]c(=O)c(=Cc3sc(C4CC4)cc3C)c=2[nH]1. The maximum absolute atomic E-state index is 12.2. The Balaban J connectivity index is 1.99. The van der Waals surface area contributed by atoms with Crippen molar-refractivity contribution in [2.45, 2.75) is 25.7 Å². The van der Waals surface area contributed by atoms with Crippen LogP contribution in [0.3, 0.4) is 0 Å². The highest BCUT2D eigenvalue weighted by Crippen LogP contribution is 2.44. The van der Waals surface area contributed by atoms with Crippen molar-refractivity contribution in [2.75, 3.05) is 0 Å². The molecule has 1 saturated carbocycles. The molecule has 1 aromatic heterocycles. The van der Waals surface area contributed by atoms with Crippen LogP contribution in [-0.4, -0.2) is 9.97 Å². The molecule has 0 radical (unpaired) electrons. The van der Waals surface area contributed by atoms with Gasteiger partial charge >= 0.3 is 0 Å². The van der Waals surface area contributed by atoms with Crippen molar-refractivity contribution in [1.82, 2.24) is 9.97 Å². The van der Waals surface area contributed by atoms with Gasteiger partial charge in [-0.25, -0.2) is 0 Å². The van der Waals surface area contributed by atoms with Gasteiger partial charge in [0.1, 0.15) is 0 Å². The van der Waals surface area contributed by atoms with Gasteiger partial charge in [0.25, 0.3) is 5.56 Å². The van der Waals surface area contributed by atoms with Crippen molar-refractivity contribution >= 4 is 24.0 Å². The van der Waals surface area contributed by atoms with E-state index in [1.54, 1.807) is 0 Å². The predicted molar refractivity (Wildman–Crippen MR) is 86.1 cm³/mol. The lowest BCUT2D eigenvalue weighted by Crippen LogP contribution is -2.23. The zero-order valence-electron chi connectivity index (χ0n) is 11.8. The molecule has 0 saturated heterocycles. The summed E-state index contributed by atoms with van der Waals surface area (Å²) in [6.45, 7) is 6.01. The van der Waals surface area contributed by atoms with Crippen LogP contribution >= 0.6 is 11.3 Å².